The van der Waals surface area contributed by atoms with E-state index in [2.05, 4.69) is 21.2 Å². The number of methoxy groups -OCH3 is 1. The standard InChI is InChI=1S/C24H19BrN2O2/c1-29-22-12-10-21(11-13-22)27-24(28)20(16-26)15-18-7-3-2-6-17(18)14-19-8-4-5-9-23(19)25/h2-13,15H,14H2,1H3,(H,27,28)/b20-15+. The van der Waals surface area contributed by atoms with Crippen molar-refractivity contribution in [3.63, 3.8) is 0 Å². The van der Waals surface area contributed by atoms with Crippen molar-refractivity contribution in [2.75, 3.05) is 12.4 Å². The molecule has 1 amide bonds. The van der Waals surface area contributed by atoms with E-state index in [1.54, 1.807) is 37.5 Å². The Kier molecular flexibility index (Phi) is 6.83. The Balaban J connectivity index is 1.84. The molecule has 4 nitrogen and oxygen atoms in total. The van der Waals surface area contributed by atoms with Gasteiger partial charge in [0.2, 0.25) is 0 Å². The van der Waals surface area contributed by atoms with Gasteiger partial charge in [-0.15, -0.1) is 0 Å². The van der Waals surface area contributed by atoms with Crippen molar-refractivity contribution in [3.05, 3.63) is 99.5 Å². The van der Waals surface area contributed by atoms with Gasteiger partial charge >= 0.3 is 0 Å². The average molecular weight is 447 g/mol. The average Bonchev–Trinajstić information content (AvgIpc) is 2.75. The lowest BCUT2D eigenvalue weighted by Gasteiger charge is -2.09. The highest BCUT2D eigenvalue weighted by Gasteiger charge is 2.12. The van der Waals surface area contributed by atoms with Gasteiger partial charge in [-0.3, -0.25) is 4.79 Å². The van der Waals surface area contributed by atoms with Crippen LogP contribution in [0.15, 0.2) is 82.8 Å². The van der Waals surface area contributed by atoms with E-state index in [-0.39, 0.29) is 5.57 Å². The summed E-state index contributed by atoms with van der Waals surface area (Å²) in [6.07, 6.45) is 2.32. The minimum atomic E-state index is -0.451. The fourth-order valence-electron chi connectivity index (χ4n) is 2.86. The highest BCUT2D eigenvalue weighted by atomic mass is 79.9. The molecule has 29 heavy (non-hydrogen) atoms. The van der Waals surface area contributed by atoms with Gasteiger partial charge in [-0.25, -0.2) is 0 Å². The Morgan fingerprint density at radius 2 is 1.69 bits per heavy atom. The topological polar surface area (TPSA) is 62.1 Å². The van der Waals surface area contributed by atoms with Gasteiger partial charge in [-0.05, 0) is 59.5 Å². The van der Waals surface area contributed by atoms with E-state index in [4.69, 9.17) is 4.74 Å². The molecule has 0 spiro atoms. The van der Waals surface area contributed by atoms with Crippen LogP contribution in [0.4, 0.5) is 5.69 Å². The number of rotatable bonds is 6. The number of benzene rings is 3. The maximum atomic E-state index is 12.6. The zero-order valence-corrected chi connectivity index (χ0v) is 17.4. The summed E-state index contributed by atoms with van der Waals surface area (Å²) in [7, 11) is 1.58. The molecule has 0 saturated carbocycles. The van der Waals surface area contributed by atoms with E-state index in [9.17, 15) is 10.1 Å². The van der Waals surface area contributed by atoms with Crippen LogP contribution in [-0.2, 0) is 11.2 Å². The second kappa shape index (κ2) is 9.72. The van der Waals surface area contributed by atoms with E-state index in [0.29, 0.717) is 17.9 Å². The number of hydrogen-bond acceptors (Lipinski definition) is 3. The highest BCUT2D eigenvalue weighted by Crippen LogP contribution is 2.23. The van der Waals surface area contributed by atoms with Crippen LogP contribution in [0.2, 0.25) is 0 Å². The number of nitriles is 1. The molecular weight excluding hydrogens is 428 g/mol. The molecule has 0 fully saturated rings. The van der Waals surface area contributed by atoms with Gasteiger partial charge in [-0.1, -0.05) is 58.4 Å². The smallest absolute Gasteiger partial charge is 0.266 e. The number of anilines is 1. The Morgan fingerprint density at radius 1 is 1.03 bits per heavy atom. The van der Waals surface area contributed by atoms with Gasteiger partial charge in [0.15, 0.2) is 0 Å². The summed E-state index contributed by atoms with van der Waals surface area (Å²) in [5.41, 5.74) is 3.64. The molecule has 0 aliphatic rings. The number of ether oxygens (including phenoxy) is 1. The van der Waals surface area contributed by atoms with Crippen molar-refractivity contribution in [2.45, 2.75) is 6.42 Å². The normalized spacial score (nSPS) is 10.9. The minimum absolute atomic E-state index is 0.0420. The highest BCUT2D eigenvalue weighted by molar-refractivity contribution is 9.10. The first kappa shape index (κ1) is 20.4. The quantitative estimate of drug-likeness (QED) is 0.396. The largest absolute Gasteiger partial charge is 0.497 e. The molecule has 3 aromatic carbocycles. The van der Waals surface area contributed by atoms with E-state index in [0.717, 1.165) is 21.2 Å². The molecule has 1 N–H and O–H groups in total. The molecule has 0 heterocycles. The Hall–Kier alpha value is -3.36. The van der Waals surface area contributed by atoms with Gasteiger partial charge in [0.25, 0.3) is 5.91 Å². The zero-order valence-electron chi connectivity index (χ0n) is 15.9. The Labute approximate surface area is 178 Å². The number of halogens is 1. The summed E-state index contributed by atoms with van der Waals surface area (Å²) in [6.45, 7) is 0. The van der Waals surface area contributed by atoms with E-state index < -0.39 is 5.91 Å². The molecule has 0 aromatic heterocycles. The van der Waals surface area contributed by atoms with Crippen LogP contribution in [0.5, 0.6) is 5.75 Å². The molecule has 0 aliphatic carbocycles. The second-order valence-electron chi connectivity index (χ2n) is 6.32. The summed E-state index contributed by atoms with van der Waals surface area (Å²) < 4.78 is 6.14. The van der Waals surface area contributed by atoms with Gasteiger partial charge in [0.1, 0.15) is 17.4 Å². The third-order valence-electron chi connectivity index (χ3n) is 4.41. The Morgan fingerprint density at radius 3 is 2.34 bits per heavy atom. The summed E-state index contributed by atoms with van der Waals surface area (Å²) >= 11 is 3.57. The van der Waals surface area contributed by atoms with Crippen molar-refractivity contribution in [1.29, 1.82) is 5.26 Å². The summed E-state index contributed by atoms with van der Waals surface area (Å²) in [5.74, 6) is 0.244. The van der Waals surface area contributed by atoms with Crippen LogP contribution >= 0.6 is 15.9 Å². The SMILES string of the molecule is COc1ccc(NC(=O)/C(C#N)=C/c2ccccc2Cc2ccccc2Br)cc1. The van der Waals surface area contributed by atoms with Crippen molar-refractivity contribution in [1.82, 2.24) is 0 Å². The number of carbonyl (C=O) groups is 1. The van der Waals surface area contributed by atoms with Crippen LogP contribution in [0, 0.1) is 11.3 Å². The van der Waals surface area contributed by atoms with E-state index in [1.165, 1.54) is 0 Å². The number of carbonyl (C=O) groups excluding carboxylic acids is 1. The molecule has 3 aromatic rings. The maximum Gasteiger partial charge on any atom is 0.266 e. The lowest BCUT2D eigenvalue weighted by atomic mass is 9.98. The monoisotopic (exact) mass is 446 g/mol. The van der Waals surface area contributed by atoms with Crippen molar-refractivity contribution >= 4 is 33.6 Å². The summed E-state index contributed by atoms with van der Waals surface area (Å²) in [4.78, 5) is 12.6. The van der Waals surface area contributed by atoms with Crippen molar-refractivity contribution < 1.29 is 9.53 Å². The third kappa shape index (κ3) is 5.34. The second-order valence-corrected chi connectivity index (χ2v) is 7.17. The predicted octanol–water partition coefficient (Wildman–Crippen LogP) is 5.59. The molecule has 0 bridgehead atoms. The number of hydrogen-bond donors (Lipinski definition) is 1. The van der Waals surface area contributed by atoms with Crippen LogP contribution in [0.3, 0.4) is 0 Å². The van der Waals surface area contributed by atoms with Gasteiger partial charge in [0.05, 0.1) is 7.11 Å². The van der Waals surface area contributed by atoms with Crippen molar-refractivity contribution in [2.24, 2.45) is 0 Å². The third-order valence-corrected chi connectivity index (χ3v) is 5.18. The van der Waals surface area contributed by atoms with E-state index >= 15 is 0 Å². The molecule has 3 rings (SSSR count). The van der Waals surface area contributed by atoms with Crippen LogP contribution < -0.4 is 10.1 Å². The first-order valence-corrected chi connectivity index (χ1v) is 9.78. The molecule has 0 atom stereocenters. The zero-order chi connectivity index (χ0) is 20.6. The number of amides is 1. The minimum Gasteiger partial charge on any atom is -0.497 e. The molecule has 0 aliphatic heterocycles. The predicted molar refractivity (Wildman–Crippen MR) is 119 cm³/mol. The van der Waals surface area contributed by atoms with Crippen LogP contribution in [-0.4, -0.2) is 13.0 Å². The van der Waals surface area contributed by atoms with Crippen LogP contribution in [0.1, 0.15) is 16.7 Å². The lowest BCUT2D eigenvalue weighted by Crippen LogP contribution is -2.13. The molecule has 0 unspecified atom stereocenters. The molecule has 0 saturated heterocycles. The number of nitrogens with zero attached hydrogens (tertiary/aromatic N) is 1. The molecule has 5 heteroatoms. The summed E-state index contributed by atoms with van der Waals surface area (Å²) in [6, 6.07) is 24.7. The fourth-order valence-corrected chi connectivity index (χ4v) is 3.28. The molecule has 0 radical (unpaired) electrons. The molecular formula is C24H19BrN2O2. The summed E-state index contributed by atoms with van der Waals surface area (Å²) in [5, 5.41) is 12.3. The molecule has 144 valence electrons. The van der Waals surface area contributed by atoms with Crippen molar-refractivity contribution in [3.8, 4) is 11.8 Å². The number of nitrogens with one attached hydrogen (secondary N) is 1. The fraction of sp³-hybridized carbons (Fsp3) is 0.0833. The van der Waals surface area contributed by atoms with Gasteiger partial charge in [0, 0.05) is 10.2 Å². The van der Waals surface area contributed by atoms with Gasteiger partial charge < -0.3 is 10.1 Å². The van der Waals surface area contributed by atoms with E-state index in [1.807, 2.05) is 54.6 Å². The first-order valence-electron chi connectivity index (χ1n) is 8.99. The lowest BCUT2D eigenvalue weighted by molar-refractivity contribution is -0.112. The van der Waals surface area contributed by atoms with Crippen LogP contribution in [0.25, 0.3) is 6.08 Å². The van der Waals surface area contributed by atoms with Gasteiger partial charge in [-0.2, -0.15) is 5.26 Å². The Bertz CT molecular complexity index is 1080. The maximum absolute atomic E-state index is 12.6. The first-order chi connectivity index (χ1) is 14.1.